The van der Waals surface area contributed by atoms with Crippen LogP contribution in [-0.2, 0) is 14.8 Å². The first kappa shape index (κ1) is 25.1. The fraction of sp³-hybridized carbons (Fsp3) is 0.296. The SMILES string of the molecule is Cc1cccc(S(=O)(=O)N2C[C@H](CC(C)(C)C(=O)O)Oc3ccc(-c4cc(C)ccc4Cl)cc32)c1. The second-order valence-electron chi connectivity index (χ2n) is 9.65. The Hall–Kier alpha value is -3.03. The molecule has 1 N–H and O–H groups in total. The quantitative estimate of drug-likeness (QED) is 0.431. The van der Waals surface area contributed by atoms with Gasteiger partial charge in [-0.3, -0.25) is 9.10 Å². The molecule has 35 heavy (non-hydrogen) atoms. The molecule has 1 atom stereocenters. The zero-order valence-corrected chi connectivity index (χ0v) is 21.7. The Bertz CT molecular complexity index is 1400. The predicted octanol–water partition coefficient (Wildman–Crippen LogP) is 6.08. The van der Waals surface area contributed by atoms with Crippen LogP contribution in [0.2, 0.25) is 5.02 Å². The number of aryl methyl sites for hydroxylation is 2. The summed E-state index contributed by atoms with van der Waals surface area (Å²) in [5.41, 5.74) is 2.70. The van der Waals surface area contributed by atoms with Crippen molar-refractivity contribution >= 4 is 33.3 Å². The molecule has 0 saturated heterocycles. The summed E-state index contributed by atoms with van der Waals surface area (Å²) in [6, 6.07) is 17.7. The van der Waals surface area contributed by atoms with Crippen molar-refractivity contribution in [1.29, 1.82) is 0 Å². The molecule has 0 saturated carbocycles. The lowest BCUT2D eigenvalue weighted by Gasteiger charge is -2.38. The molecule has 0 radical (unpaired) electrons. The number of halogens is 1. The molecule has 1 heterocycles. The zero-order chi connectivity index (χ0) is 25.5. The predicted molar refractivity (Wildman–Crippen MR) is 138 cm³/mol. The summed E-state index contributed by atoms with van der Waals surface area (Å²) in [7, 11) is -3.95. The van der Waals surface area contributed by atoms with Crippen molar-refractivity contribution < 1.29 is 23.1 Å². The van der Waals surface area contributed by atoms with E-state index in [4.69, 9.17) is 16.3 Å². The Balaban J connectivity index is 1.84. The molecular formula is C27H28ClNO5S. The Kier molecular flexibility index (Phi) is 6.60. The van der Waals surface area contributed by atoms with Gasteiger partial charge in [-0.2, -0.15) is 0 Å². The smallest absolute Gasteiger partial charge is 0.309 e. The highest BCUT2D eigenvalue weighted by molar-refractivity contribution is 7.92. The van der Waals surface area contributed by atoms with Crippen LogP contribution < -0.4 is 9.04 Å². The van der Waals surface area contributed by atoms with Gasteiger partial charge in [-0.25, -0.2) is 8.42 Å². The third-order valence-electron chi connectivity index (χ3n) is 6.22. The number of carbonyl (C=O) groups is 1. The molecule has 3 aromatic carbocycles. The lowest BCUT2D eigenvalue weighted by atomic mass is 9.86. The van der Waals surface area contributed by atoms with Gasteiger partial charge in [-0.05, 0) is 75.2 Å². The normalized spacial score (nSPS) is 15.9. The van der Waals surface area contributed by atoms with Crippen molar-refractivity contribution in [3.05, 3.63) is 76.8 Å². The number of rotatable bonds is 6. The van der Waals surface area contributed by atoms with E-state index in [2.05, 4.69) is 0 Å². The third-order valence-corrected chi connectivity index (χ3v) is 8.32. The van der Waals surface area contributed by atoms with Gasteiger partial charge in [0.15, 0.2) is 0 Å². The van der Waals surface area contributed by atoms with E-state index in [1.54, 1.807) is 44.2 Å². The van der Waals surface area contributed by atoms with Crippen LogP contribution in [0.15, 0.2) is 65.6 Å². The standard InChI is InChI=1S/C27H28ClNO5S/c1-17-6-5-7-21(12-17)35(32,33)29-16-20(15-27(3,4)26(30)31)34-25-11-9-19(14-24(25)29)22-13-18(2)8-10-23(22)28/h5-14,20H,15-16H2,1-4H3,(H,30,31)/t20-/m0/s1. The van der Waals surface area contributed by atoms with Gasteiger partial charge in [-0.1, -0.05) is 41.4 Å². The summed E-state index contributed by atoms with van der Waals surface area (Å²) in [4.78, 5) is 11.9. The topological polar surface area (TPSA) is 83.9 Å². The number of fused-ring (bicyclic) bond motifs is 1. The van der Waals surface area contributed by atoms with Crippen LogP contribution in [0.5, 0.6) is 5.75 Å². The fourth-order valence-corrected chi connectivity index (χ4v) is 6.06. The summed E-state index contributed by atoms with van der Waals surface area (Å²) in [6.45, 7) is 7.00. The highest BCUT2D eigenvalue weighted by atomic mass is 35.5. The van der Waals surface area contributed by atoms with Gasteiger partial charge in [0.05, 0.1) is 22.5 Å². The van der Waals surface area contributed by atoms with Crippen LogP contribution in [0.1, 0.15) is 31.4 Å². The summed E-state index contributed by atoms with van der Waals surface area (Å²) in [5, 5.41) is 10.2. The first-order valence-electron chi connectivity index (χ1n) is 11.3. The van der Waals surface area contributed by atoms with Crippen molar-refractivity contribution in [2.24, 2.45) is 5.41 Å². The molecular weight excluding hydrogens is 486 g/mol. The second kappa shape index (κ2) is 9.21. The maximum absolute atomic E-state index is 13.8. The molecule has 0 spiro atoms. The van der Waals surface area contributed by atoms with E-state index in [-0.39, 0.29) is 17.9 Å². The molecule has 8 heteroatoms. The number of nitrogens with zero attached hydrogens (tertiary/aromatic N) is 1. The highest BCUT2D eigenvalue weighted by Crippen LogP contribution is 2.42. The Morgan fingerprint density at radius 2 is 1.80 bits per heavy atom. The lowest BCUT2D eigenvalue weighted by Crippen LogP contribution is -2.46. The van der Waals surface area contributed by atoms with E-state index >= 15 is 0 Å². The number of sulfonamides is 1. The minimum absolute atomic E-state index is 0.00894. The molecule has 0 aliphatic carbocycles. The van der Waals surface area contributed by atoms with Crippen LogP contribution in [0.4, 0.5) is 5.69 Å². The van der Waals surface area contributed by atoms with Gasteiger partial charge in [0, 0.05) is 17.0 Å². The molecule has 3 aromatic rings. The van der Waals surface area contributed by atoms with Crippen LogP contribution in [0, 0.1) is 19.3 Å². The Morgan fingerprint density at radius 1 is 1.09 bits per heavy atom. The average molecular weight is 514 g/mol. The zero-order valence-electron chi connectivity index (χ0n) is 20.1. The third kappa shape index (κ3) is 5.02. The molecule has 1 aliphatic heterocycles. The second-order valence-corrected chi connectivity index (χ2v) is 11.9. The first-order chi connectivity index (χ1) is 16.4. The number of hydrogen-bond donors (Lipinski definition) is 1. The highest BCUT2D eigenvalue weighted by Gasteiger charge is 2.39. The van der Waals surface area contributed by atoms with Crippen molar-refractivity contribution in [3.8, 4) is 16.9 Å². The minimum Gasteiger partial charge on any atom is -0.486 e. The molecule has 4 rings (SSSR count). The molecule has 1 aliphatic rings. The number of carboxylic acids is 1. The Labute approximate surface area is 211 Å². The minimum atomic E-state index is -3.95. The van der Waals surface area contributed by atoms with E-state index in [0.717, 1.165) is 22.3 Å². The number of hydrogen-bond acceptors (Lipinski definition) is 4. The van der Waals surface area contributed by atoms with Crippen molar-refractivity contribution in [2.75, 3.05) is 10.8 Å². The summed E-state index contributed by atoms with van der Waals surface area (Å²) in [6.07, 6.45) is -0.492. The van der Waals surface area contributed by atoms with Gasteiger partial charge in [-0.15, -0.1) is 0 Å². The van der Waals surface area contributed by atoms with Crippen molar-refractivity contribution in [2.45, 2.75) is 45.1 Å². The van der Waals surface area contributed by atoms with E-state index in [9.17, 15) is 18.3 Å². The van der Waals surface area contributed by atoms with E-state index in [0.29, 0.717) is 16.5 Å². The molecule has 0 bridgehead atoms. The van der Waals surface area contributed by atoms with Gasteiger partial charge in [0.2, 0.25) is 0 Å². The van der Waals surface area contributed by atoms with Gasteiger partial charge < -0.3 is 9.84 Å². The first-order valence-corrected chi connectivity index (χ1v) is 13.1. The largest absolute Gasteiger partial charge is 0.486 e. The molecule has 0 amide bonds. The van der Waals surface area contributed by atoms with Gasteiger partial charge in [0.25, 0.3) is 10.0 Å². The molecule has 0 fully saturated rings. The van der Waals surface area contributed by atoms with Crippen LogP contribution >= 0.6 is 11.6 Å². The summed E-state index contributed by atoms with van der Waals surface area (Å²) < 4.78 is 35.2. The van der Waals surface area contributed by atoms with Crippen molar-refractivity contribution in [1.82, 2.24) is 0 Å². The number of aliphatic carboxylic acids is 1. The lowest BCUT2D eigenvalue weighted by molar-refractivity contribution is -0.148. The van der Waals surface area contributed by atoms with Gasteiger partial charge >= 0.3 is 5.97 Å². The molecule has 0 aromatic heterocycles. The Morgan fingerprint density at radius 3 is 2.49 bits per heavy atom. The van der Waals surface area contributed by atoms with Crippen LogP contribution in [0.25, 0.3) is 11.1 Å². The number of carboxylic acid groups (broad SMARTS) is 1. The molecule has 184 valence electrons. The summed E-state index contributed by atoms with van der Waals surface area (Å²) in [5.74, 6) is -0.587. The summed E-state index contributed by atoms with van der Waals surface area (Å²) >= 11 is 6.46. The van der Waals surface area contributed by atoms with E-state index in [1.165, 1.54) is 4.31 Å². The monoisotopic (exact) mass is 513 g/mol. The number of anilines is 1. The fourth-order valence-electron chi connectivity index (χ4n) is 4.23. The van der Waals surface area contributed by atoms with E-state index in [1.807, 2.05) is 44.2 Å². The van der Waals surface area contributed by atoms with E-state index < -0.39 is 27.5 Å². The van der Waals surface area contributed by atoms with Crippen molar-refractivity contribution in [3.63, 3.8) is 0 Å². The number of ether oxygens (including phenoxy) is 1. The average Bonchev–Trinajstić information content (AvgIpc) is 2.79. The number of benzene rings is 3. The molecule has 6 nitrogen and oxygen atoms in total. The maximum atomic E-state index is 13.8. The van der Waals surface area contributed by atoms with Gasteiger partial charge in [0.1, 0.15) is 11.9 Å². The maximum Gasteiger partial charge on any atom is 0.309 e. The van der Waals surface area contributed by atoms with Crippen LogP contribution in [-0.4, -0.2) is 32.1 Å². The van der Waals surface area contributed by atoms with Crippen LogP contribution in [0.3, 0.4) is 0 Å². The molecule has 0 unspecified atom stereocenters.